The van der Waals surface area contributed by atoms with Gasteiger partial charge in [0, 0.05) is 25.2 Å². The SMILES string of the molecule is CC#C[C@H](C)Oc1cc(N)c(Cl)cc1C(=O)NC1CCN2CCC[C@H]1C2.Cl. The van der Waals surface area contributed by atoms with E-state index in [1.165, 1.54) is 13.0 Å². The molecule has 2 bridgehead atoms. The van der Waals surface area contributed by atoms with Gasteiger partial charge in [-0.1, -0.05) is 17.5 Å². The van der Waals surface area contributed by atoms with Gasteiger partial charge in [-0.25, -0.2) is 0 Å². The third kappa shape index (κ3) is 5.22. The van der Waals surface area contributed by atoms with Crippen LogP contribution >= 0.6 is 24.0 Å². The van der Waals surface area contributed by atoms with Crippen LogP contribution in [0, 0.1) is 17.8 Å². The highest BCUT2D eigenvalue weighted by molar-refractivity contribution is 6.33. The van der Waals surface area contributed by atoms with E-state index in [0.29, 0.717) is 27.9 Å². The number of piperidine rings is 2. The van der Waals surface area contributed by atoms with E-state index in [0.717, 1.165) is 25.9 Å². The molecule has 27 heavy (non-hydrogen) atoms. The number of nitrogen functional groups attached to an aromatic ring is 1. The molecule has 2 aliphatic rings. The van der Waals surface area contributed by atoms with Gasteiger partial charge in [-0.05, 0) is 51.6 Å². The summed E-state index contributed by atoms with van der Waals surface area (Å²) in [6.45, 7) is 6.87. The number of carbonyl (C=O) groups is 1. The van der Waals surface area contributed by atoms with Gasteiger partial charge < -0.3 is 20.7 Å². The number of ether oxygens (including phenoxy) is 1. The third-order valence-electron chi connectivity index (χ3n) is 5.18. The quantitative estimate of drug-likeness (QED) is 0.588. The summed E-state index contributed by atoms with van der Waals surface area (Å²) < 4.78 is 5.83. The van der Waals surface area contributed by atoms with Gasteiger partial charge in [0.15, 0.2) is 6.10 Å². The first-order valence-electron chi connectivity index (χ1n) is 9.19. The van der Waals surface area contributed by atoms with Crippen LogP contribution in [0.5, 0.6) is 5.75 Å². The lowest BCUT2D eigenvalue weighted by atomic mass is 9.85. The van der Waals surface area contributed by atoms with Crippen molar-refractivity contribution in [2.24, 2.45) is 5.92 Å². The van der Waals surface area contributed by atoms with Gasteiger partial charge in [-0.2, -0.15) is 0 Å². The summed E-state index contributed by atoms with van der Waals surface area (Å²) >= 11 is 6.16. The van der Waals surface area contributed by atoms with Gasteiger partial charge in [0.05, 0.1) is 16.3 Å². The van der Waals surface area contributed by atoms with Crippen LogP contribution in [0.4, 0.5) is 5.69 Å². The molecule has 1 aromatic carbocycles. The first-order chi connectivity index (χ1) is 12.5. The Balaban J connectivity index is 0.00000261. The predicted molar refractivity (Wildman–Crippen MR) is 112 cm³/mol. The molecule has 0 aliphatic carbocycles. The minimum absolute atomic E-state index is 0. The van der Waals surface area contributed by atoms with Gasteiger partial charge in [0.1, 0.15) is 5.75 Å². The predicted octanol–water partition coefficient (Wildman–Crippen LogP) is 3.35. The van der Waals surface area contributed by atoms with Crippen molar-refractivity contribution in [3.63, 3.8) is 0 Å². The Morgan fingerprint density at radius 1 is 1.41 bits per heavy atom. The second kappa shape index (κ2) is 9.54. The minimum Gasteiger partial charge on any atom is -0.477 e. The van der Waals surface area contributed by atoms with Crippen molar-refractivity contribution in [3.05, 3.63) is 22.7 Å². The van der Waals surface area contributed by atoms with E-state index >= 15 is 0 Å². The molecule has 1 aromatic rings. The summed E-state index contributed by atoms with van der Waals surface area (Å²) in [5, 5.41) is 3.55. The molecule has 148 valence electrons. The van der Waals surface area contributed by atoms with Crippen LogP contribution in [-0.2, 0) is 0 Å². The molecule has 2 aliphatic heterocycles. The topological polar surface area (TPSA) is 67.6 Å². The van der Waals surface area contributed by atoms with Crippen LogP contribution < -0.4 is 15.8 Å². The van der Waals surface area contributed by atoms with Gasteiger partial charge in [-0.3, -0.25) is 4.79 Å². The molecule has 0 saturated carbocycles. The highest BCUT2D eigenvalue weighted by atomic mass is 35.5. The van der Waals surface area contributed by atoms with Crippen LogP contribution in [0.1, 0.15) is 43.5 Å². The average molecular weight is 412 g/mol. The summed E-state index contributed by atoms with van der Waals surface area (Å²) in [4.78, 5) is 15.4. The molecule has 2 heterocycles. The Kier molecular flexibility index (Phi) is 7.67. The molecule has 2 fully saturated rings. The number of carbonyl (C=O) groups excluding carboxylic acids is 1. The Labute approximate surface area is 172 Å². The Morgan fingerprint density at radius 2 is 2.19 bits per heavy atom. The fourth-order valence-electron chi connectivity index (χ4n) is 3.88. The van der Waals surface area contributed by atoms with Crippen molar-refractivity contribution in [1.82, 2.24) is 10.2 Å². The van der Waals surface area contributed by atoms with E-state index in [2.05, 4.69) is 22.1 Å². The lowest BCUT2D eigenvalue weighted by Gasteiger charge is -2.42. The molecule has 3 rings (SSSR count). The molecule has 5 nitrogen and oxygen atoms in total. The van der Waals surface area contributed by atoms with Crippen LogP contribution in [0.3, 0.4) is 0 Å². The molecule has 3 N–H and O–H groups in total. The summed E-state index contributed by atoms with van der Waals surface area (Å²) in [6, 6.07) is 3.38. The molecular formula is C20H27Cl2N3O2. The van der Waals surface area contributed by atoms with Crippen molar-refractivity contribution < 1.29 is 9.53 Å². The molecular weight excluding hydrogens is 385 g/mol. The fraction of sp³-hybridized carbons (Fsp3) is 0.550. The summed E-state index contributed by atoms with van der Waals surface area (Å²) in [5.74, 6) is 6.50. The molecule has 2 saturated heterocycles. The number of benzene rings is 1. The van der Waals surface area contributed by atoms with E-state index in [9.17, 15) is 4.79 Å². The molecule has 0 spiro atoms. The standard InChI is InChI=1S/C20H26ClN3O2.ClH/c1-3-5-13(2)26-19-11-17(22)16(21)10-15(19)20(25)23-18-7-9-24-8-4-6-14(18)12-24;/h10-11,13-14,18H,4,6-9,12,22H2,1-2H3,(H,23,25);1H/t13-,14-,18?;/m0./s1. The van der Waals surface area contributed by atoms with Crippen molar-refractivity contribution in [2.75, 3.05) is 25.4 Å². The first-order valence-corrected chi connectivity index (χ1v) is 9.57. The number of halogens is 2. The highest BCUT2D eigenvalue weighted by Crippen LogP contribution is 2.31. The normalized spacial score (nSPS) is 24.6. The molecule has 1 amide bonds. The minimum atomic E-state index is -0.339. The number of fused-ring (bicyclic) bond motifs is 2. The van der Waals surface area contributed by atoms with Crippen LogP contribution in [-0.4, -0.2) is 42.6 Å². The number of hydrogen-bond donors (Lipinski definition) is 2. The molecule has 4 atom stereocenters. The third-order valence-corrected chi connectivity index (χ3v) is 5.51. The Morgan fingerprint density at radius 3 is 2.93 bits per heavy atom. The monoisotopic (exact) mass is 411 g/mol. The smallest absolute Gasteiger partial charge is 0.255 e. The zero-order valence-electron chi connectivity index (χ0n) is 15.8. The Hall–Kier alpha value is -1.61. The fourth-order valence-corrected chi connectivity index (χ4v) is 4.05. The number of amides is 1. The highest BCUT2D eigenvalue weighted by Gasteiger charge is 2.33. The van der Waals surface area contributed by atoms with Crippen molar-refractivity contribution in [3.8, 4) is 17.6 Å². The molecule has 0 aromatic heterocycles. The zero-order valence-corrected chi connectivity index (χ0v) is 17.3. The number of anilines is 1. The average Bonchev–Trinajstić information content (AvgIpc) is 2.61. The maximum Gasteiger partial charge on any atom is 0.255 e. The van der Waals surface area contributed by atoms with Crippen LogP contribution in [0.2, 0.25) is 5.02 Å². The lowest BCUT2D eigenvalue weighted by Crippen LogP contribution is -2.53. The largest absolute Gasteiger partial charge is 0.477 e. The lowest BCUT2D eigenvalue weighted by molar-refractivity contribution is 0.0736. The summed E-state index contributed by atoms with van der Waals surface area (Å²) in [7, 11) is 0. The van der Waals surface area contributed by atoms with Crippen LogP contribution in [0.25, 0.3) is 0 Å². The number of rotatable bonds is 4. The zero-order chi connectivity index (χ0) is 18.7. The second-order valence-corrected chi connectivity index (χ2v) is 7.50. The van der Waals surface area contributed by atoms with Crippen molar-refractivity contribution in [1.29, 1.82) is 0 Å². The maximum atomic E-state index is 13.0. The number of hydrogen-bond acceptors (Lipinski definition) is 4. The van der Waals surface area contributed by atoms with E-state index in [1.807, 2.05) is 6.92 Å². The van der Waals surface area contributed by atoms with E-state index in [1.54, 1.807) is 19.1 Å². The number of nitrogens with two attached hydrogens (primary N) is 1. The van der Waals surface area contributed by atoms with E-state index < -0.39 is 0 Å². The first kappa shape index (κ1) is 21.7. The number of nitrogens with one attached hydrogen (secondary N) is 1. The van der Waals surface area contributed by atoms with Gasteiger partial charge >= 0.3 is 0 Å². The number of nitrogens with zero attached hydrogens (tertiary/aromatic N) is 1. The Bertz CT molecular complexity index is 745. The summed E-state index contributed by atoms with van der Waals surface area (Å²) in [5.41, 5.74) is 6.70. The van der Waals surface area contributed by atoms with Crippen molar-refractivity contribution >= 4 is 35.6 Å². The molecule has 7 heteroatoms. The van der Waals surface area contributed by atoms with E-state index in [4.69, 9.17) is 22.1 Å². The maximum absolute atomic E-state index is 13.0. The second-order valence-electron chi connectivity index (χ2n) is 7.10. The van der Waals surface area contributed by atoms with Gasteiger partial charge in [0.2, 0.25) is 0 Å². The van der Waals surface area contributed by atoms with E-state index in [-0.39, 0.29) is 30.5 Å². The van der Waals surface area contributed by atoms with Crippen molar-refractivity contribution in [2.45, 2.75) is 45.3 Å². The summed E-state index contributed by atoms with van der Waals surface area (Å²) in [6.07, 6.45) is 3.00. The molecule has 2 unspecified atom stereocenters. The van der Waals surface area contributed by atoms with Gasteiger partial charge in [0.25, 0.3) is 5.91 Å². The van der Waals surface area contributed by atoms with Crippen LogP contribution in [0.15, 0.2) is 12.1 Å². The molecule has 0 radical (unpaired) electrons. The van der Waals surface area contributed by atoms with Gasteiger partial charge in [-0.15, -0.1) is 18.3 Å².